The maximum atomic E-state index is 12.5. The minimum Gasteiger partial charge on any atom is -0.384 e. The summed E-state index contributed by atoms with van der Waals surface area (Å²) >= 11 is 0. The number of aromatic amines is 1. The molecule has 1 atom stereocenters. The Morgan fingerprint density at radius 3 is 2.90 bits per heavy atom. The van der Waals surface area contributed by atoms with Crippen LogP contribution in [0.2, 0.25) is 0 Å². The number of ether oxygens (including phenoxy) is 1. The molecule has 0 spiro atoms. The van der Waals surface area contributed by atoms with E-state index in [4.69, 9.17) is 9.72 Å². The van der Waals surface area contributed by atoms with Gasteiger partial charge in [-0.15, -0.1) is 0 Å². The minimum absolute atomic E-state index is 0.0470. The zero-order chi connectivity index (χ0) is 20.2. The Hall–Kier alpha value is -2.93. The average molecular weight is 393 g/mol. The Bertz CT molecular complexity index is 996. The molecular weight excluding hydrogens is 366 g/mol. The summed E-state index contributed by atoms with van der Waals surface area (Å²) in [6.07, 6.45) is 5.23. The van der Waals surface area contributed by atoms with E-state index in [-0.39, 0.29) is 11.9 Å². The van der Waals surface area contributed by atoms with Crippen molar-refractivity contribution in [3.05, 3.63) is 53.6 Å². The van der Waals surface area contributed by atoms with Gasteiger partial charge in [0.15, 0.2) is 0 Å². The Morgan fingerprint density at radius 1 is 1.31 bits per heavy atom. The van der Waals surface area contributed by atoms with E-state index >= 15 is 0 Å². The SMILES string of the molecule is CNc1cc([C@H](Cc2c[nH]c3ccccc23)NC(=O)CCOC)nc(C2CC2)n1. The van der Waals surface area contributed by atoms with Crippen LogP contribution in [0.5, 0.6) is 0 Å². The summed E-state index contributed by atoms with van der Waals surface area (Å²) in [4.78, 5) is 25.3. The quantitative estimate of drug-likeness (QED) is 0.519. The second kappa shape index (κ2) is 8.61. The van der Waals surface area contributed by atoms with Crippen LogP contribution in [0.15, 0.2) is 36.5 Å². The number of nitrogens with one attached hydrogen (secondary N) is 3. The van der Waals surface area contributed by atoms with E-state index < -0.39 is 0 Å². The maximum absolute atomic E-state index is 12.5. The van der Waals surface area contributed by atoms with Crippen LogP contribution in [0.4, 0.5) is 5.82 Å². The van der Waals surface area contributed by atoms with E-state index in [2.05, 4.69) is 32.7 Å². The highest BCUT2D eigenvalue weighted by atomic mass is 16.5. The number of amides is 1. The first-order chi connectivity index (χ1) is 14.2. The number of para-hydroxylation sites is 1. The molecule has 0 aliphatic heterocycles. The normalized spacial score (nSPS) is 14.7. The number of carbonyl (C=O) groups excluding carboxylic acids is 1. The van der Waals surface area contributed by atoms with Gasteiger partial charge in [0.2, 0.25) is 5.91 Å². The average Bonchev–Trinajstić information content (AvgIpc) is 3.53. The molecular formula is C22H27N5O2. The molecule has 1 fully saturated rings. The zero-order valence-electron chi connectivity index (χ0n) is 16.9. The van der Waals surface area contributed by atoms with Gasteiger partial charge in [-0.1, -0.05) is 18.2 Å². The summed E-state index contributed by atoms with van der Waals surface area (Å²) in [6, 6.07) is 9.88. The third-order valence-corrected chi connectivity index (χ3v) is 5.29. The van der Waals surface area contributed by atoms with Crippen molar-refractivity contribution in [1.29, 1.82) is 0 Å². The van der Waals surface area contributed by atoms with Crippen molar-refractivity contribution in [1.82, 2.24) is 20.3 Å². The first kappa shape index (κ1) is 19.4. The molecule has 1 aliphatic rings. The molecule has 4 rings (SSSR count). The second-order valence-electron chi connectivity index (χ2n) is 7.49. The van der Waals surface area contributed by atoms with Gasteiger partial charge in [0.05, 0.1) is 18.3 Å². The van der Waals surface area contributed by atoms with Crippen LogP contribution in [0.1, 0.15) is 48.3 Å². The van der Waals surface area contributed by atoms with Crippen molar-refractivity contribution in [2.45, 2.75) is 37.6 Å². The molecule has 0 unspecified atom stereocenters. The standard InChI is InChI=1S/C22H27N5O2/c1-23-20-12-19(26-22(27-20)14-7-8-14)18(25-21(28)9-10-29-2)11-15-13-24-17-6-4-3-5-16(15)17/h3-6,12-14,18,24H,7-11H2,1-2H3,(H,25,28)(H,23,26,27)/t18-/m0/s1. The molecule has 1 aliphatic carbocycles. The lowest BCUT2D eigenvalue weighted by molar-refractivity contribution is -0.122. The number of fused-ring (bicyclic) bond motifs is 1. The summed E-state index contributed by atoms with van der Waals surface area (Å²) in [5.74, 6) is 2.03. The van der Waals surface area contributed by atoms with Gasteiger partial charge >= 0.3 is 0 Å². The zero-order valence-corrected chi connectivity index (χ0v) is 16.9. The first-order valence-corrected chi connectivity index (χ1v) is 10.1. The Balaban J connectivity index is 1.66. The summed E-state index contributed by atoms with van der Waals surface area (Å²) in [7, 11) is 3.46. The summed E-state index contributed by atoms with van der Waals surface area (Å²) < 4.78 is 5.06. The van der Waals surface area contributed by atoms with Crippen molar-refractivity contribution >= 4 is 22.6 Å². The van der Waals surface area contributed by atoms with E-state index in [9.17, 15) is 4.79 Å². The number of benzene rings is 1. The lowest BCUT2D eigenvalue weighted by atomic mass is 10.0. The van der Waals surface area contributed by atoms with Crippen LogP contribution in [0, 0.1) is 0 Å². The highest BCUT2D eigenvalue weighted by molar-refractivity contribution is 5.83. The van der Waals surface area contributed by atoms with Gasteiger partial charge in [-0.05, 0) is 24.5 Å². The molecule has 3 aromatic rings. The number of methoxy groups -OCH3 is 1. The topological polar surface area (TPSA) is 91.9 Å². The lowest BCUT2D eigenvalue weighted by Crippen LogP contribution is -2.31. The molecule has 152 valence electrons. The molecule has 7 nitrogen and oxygen atoms in total. The molecule has 7 heteroatoms. The Morgan fingerprint density at radius 2 is 2.14 bits per heavy atom. The summed E-state index contributed by atoms with van der Waals surface area (Å²) in [5, 5.41) is 7.45. The van der Waals surface area contributed by atoms with Crippen LogP contribution < -0.4 is 10.6 Å². The minimum atomic E-state index is -0.244. The molecule has 3 N–H and O–H groups in total. The van der Waals surface area contributed by atoms with Crippen molar-refractivity contribution in [2.75, 3.05) is 26.1 Å². The van der Waals surface area contributed by atoms with Gasteiger partial charge in [0.25, 0.3) is 0 Å². The van der Waals surface area contributed by atoms with Gasteiger partial charge in [-0.2, -0.15) is 0 Å². The van der Waals surface area contributed by atoms with E-state index in [1.54, 1.807) is 7.11 Å². The number of rotatable bonds is 9. The predicted octanol–water partition coefficient (Wildman–Crippen LogP) is 3.31. The van der Waals surface area contributed by atoms with Gasteiger partial charge in [-0.3, -0.25) is 4.79 Å². The molecule has 1 amide bonds. The monoisotopic (exact) mass is 393 g/mol. The summed E-state index contributed by atoms with van der Waals surface area (Å²) in [5.41, 5.74) is 3.07. The van der Waals surface area contributed by atoms with E-state index in [1.807, 2.05) is 31.4 Å². The van der Waals surface area contributed by atoms with Gasteiger partial charge < -0.3 is 20.4 Å². The molecule has 0 bridgehead atoms. The smallest absolute Gasteiger partial charge is 0.222 e. The Kier molecular flexibility index (Phi) is 5.76. The predicted molar refractivity (Wildman–Crippen MR) is 113 cm³/mol. The molecule has 2 heterocycles. The van der Waals surface area contributed by atoms with Gasteiger partial charge in [0, 0.05) is 56.1 Å². The van der Waals surface area contributed by atoms with E-state index in [0.717, 1.165) is 46.6 Å². The van der Waals surface area contributed by atoms with Crippen molar-refractivity contribution < 1.29 is 9.53 Å². The van der Waals surface area contributed by atoms with Gasteiger partial charge in [0.1, 0.15) is 11.6 Å². The number of aromatic nitrogens is 3. The van der Waals surface area contributed by atoms with Gasteiger partial charge in [-0.25, -0.2) is 9.97 Å². The number of carbonyl (C=O) groups is 1. The number of H-pyrrole nitrogens is 1. The Labute approximate surface area is 170 Å². The second-order valence-corrected chi connectivity index (χ2v) is 7.49. The van der Waals surface area contributed by atoms with E-state index in [0.29, 0.717) is 25.4 Å². The van der Waals surface area contributed by atoms with Crippen LogP contribution >= 0.6 is 0 Å². The van der Waals surface area contributed by atoms with Crippen molar-refractivity contribution in [3.8, 4) is 0 Å². The third-order valence-electron chi connectivity index (χ3n) is 5.29. The molecule has 29 heavy (non-hydrogen) atoms. The van der Waals surface area contributed by atoms with Crippen LogP contribution in [0.3, 0.4) is 0 Å². The number of anilines is 1. The van der Waals surface area contributed by atoms with Crippen LogP contribution in [0.25, 0.3) is 10.9 Å². The molecule has 0 saturated heterocycles. The highest BCUT2D eigenvalue weighted by Gasteiger charge is 2.29. The molecule has 1 saturated carbocycles. The fourth-order valence-corrected chi connectivity index (χ4v) is 3.53. The largest absolute Gasteiger partial charge is 0.384 e. The van der Waals surface area contributed by atoms with Crippen molar-refractivity contribution in [3.63, 3.8) is 0 Å². The fourth-order valence-electron chi connectivity index (χ4n) is 3.53. The molecule has 0 radical (unpaired) electrons. The molecule has 1 aromatic carbocycles. The summed E-state index contributed by atoms with van der Waals surface area (Å²) in [6.45, 7) is 0.393. The molecule has 2 aromatic heterocycles. The van der Waals surface area contributed by atoms with Crippen molar-refractivity contribution in [2.24, 2.45) is 0 Å². The fraction of sp³-hybridized carbons (Fsp3) is 0.409. The highest BCUT2D eigenvalue weighted by Crippen LogP contribution is 2.39. The number of hydrogen-bond acceptors (Lipinski definition) is 5. The van der Waals surface area contributed by atoms with E-state index in [1.165, 1.54) is 0 Å². The third kappa shape index (κ3) is 4.56. The first-order valence-electron chi connectivity index (χ1n) is 10.1. The number of hydrogen-bond donors (Lipinski definition) is 3. The van der Waals surface area contributed by atoms with Crippen LogP contribution in [-0.2, 0) is 16.0 Å². The maximum Gasteiger partial charge on any atom is 0.222 e. The number of nitrogens with zero attached hydrogens (tertiary/aromatic N) is 2. The lowest BCUT2D eigenvalue weighted by Gasteiger charge is -2.20. The van der Waals surface area contributed by atoms with Crippen LogP contribution in [-0.4, -0.2) is 41.6 Å².